The Bertz CT molecular complexity index is 870. The van der Waals surface area contributed by atoms with E-state index in [1.54, 1.807) is 0 Å². The number of alkyl halides is 3. The minimum atomic E-state index is -5.84. The largest absolute Gasteiger partial charge is 0.522 e. The van der Waals surface area contributed by atoms with Crippen LogP contribution in [-0.2, 0) is 20.9 Å². The smallest absolute Gasteiger partial charge is 0.279 e. The molecule has 0 radical (unpaired) electrons. The molecule has 3 nitrogen and oxygen atoms in total. The molecule has 0 amide bonds. The second kappa shape index (κ2) is 9.90. The summed E-state index contributed by atoms with van der Waals surface area (Å²) in [6, 6.07) is 18.6. The van der Waals surface area contributed by atoms with E-state index in [0.717, 1.165) is 0 Å². The molecule has 9 heteroatoms. The first-order valence-electron chi connectivity index (χ1n) is 9.23. The topological polar surface area (TPSA) is 54.4 Å². The molecule has 0 heterocycles. The Morgan fingerprint density at radius 3 is 1.13 bits per heavy atom. The van der Waals surface area contributed by atoms with Crippen LogP contribution in [-0.4, -0.2) is 29.3 Å². The van der Waals surface area contributed by atoms with Crippen molar-refractivity contribution in [3.63, 3.8) is 0 Å². The first-order chi connectivity index (χ1) is 13.3. The molecular weight excluding hydrogens is 543 g/mol. The van der Waals surface area contributed by atoms with Crippen LogP contribution in [0.1, 0.15) is 52.7 Å². The van der Waals surface area contributed by atoms with Crippen LogP contribution in [0.25, 0.3) is 0 Å². The van der Waals surface area contributed by atoms with Gasteiger partial charge in [0.25, 0.3) is 0 Å². The third kappa shape index (κ3) is 8.15. The molecule has 0 bridgehead atoms. The van der Waals surface area contributed by atoms with E-state index in [2.05, 4.69) is 110 Å². The van der Waals surface area contributed by atoms with Gasteiger partial charge in [0, 0.05) is 0 Å². The number of benzene rings is 2. The Morgan fingerprint density at radius 2 is 0.967 bits per heavy atom. The van der Waals surface area contributed by atoms with Gasteiger partial charge in [-0.25, -0.2) is 0 Å². The Morgan fingerprint density at radius 1 is 0.733 bits per heavy atom. The first-order valence-corrected chi connectivity index (χ1v) is 16.0. The lowest BCUT2D eigenvalue weighted by Gasteiger charge is -2.20. The maximum Gasteiger partial charge on any atom is 0.522 e. The molecule has 0 saturated heterocycles. The number of halogens is 4. The van der Waals surface area contributed by atoms with Gasteiger partial charge in [0.05, 0.1) is 0 Å². The van der Waals surface area contributed by atoms with Crippen LogP contribution < -0.4 is 8.85 Å². The highest BCUT2D eigenvalue weighted by molar-refractivity contribution is 14.1. The van der Waals surface area contributed by atoms with Gasteiger partial charge >= 0.3 is 26.5 Å². The third-order valence-electron chi connectivity index (χ3n) is 4.43. The molecule has 30 heavy (non-hydrogen) atoms. The summed E-state index contributed by atoms with van der Waals surface area (Å²) in [5.74, 6) is 0. The van der Waals surface area contributed by atoms with Crippen LogP contribution >= 0.6 is 20.3 Å². The molecule has 166 valence electrons. The van der Waals surface area contributed by atoms with E-state index in [4.69, 9.17) is 13.0 Å². The molecular formula is C21H27AlF3IO3S. The zero-order chi connectivity index (χ0) is 23.5. The second-order valence-electron chi connectivity index (χ2n) is 9.03. The SMILES string of the molecule is CC(C)(C)c1cc[c]([Al]([I])[c]2ccc(C(C)(C)C)cc2)cc1.O=S(=O)(O)C(F)(F)F. The van der Waals surface area contributed by atoms with Crippen LogP contribution in [0.3, 0.4) is 0 Å². The Hall–Kier alpha value is -0.598. The summed E-state index contributed by atoms with van der Waals surface area (Å²) in [5.41, 5.74) is -2.24. The van der Waals surface area contributed by atoms with Crippen LogP contribution in [0.2, 0.25) is 0 Å². The van der Waals surface area contributed by atoms with Crippen molar-refractivity contribution < 1.29 is 26.1 Å². The monoisotopic (exact) mass is 570 g/mol. The first kappa shape index (κ1) is 27.4. The zero-order valence-electron chi connectivity index (χ0n) is 17.9. The van der Waals surface area contributed by atoms with Gasteiger partial charge in [0.2, 0.25) is 0 Å². The maximum atomic E-state index is 10.7. The highest BCUT2D eigenvalue weighted by Crippen LogP contribution is 2.22. The van der Waals surface area contributed by atoms with Crippen molar-refractivity contribution in [3.8, 4) is 0 Å². The van der Waals surface area contributed by atoms with Gasteiger partial charge in [-0.15, -0.1) is 0 Å². The van der Waals surface area contributed by atoms with Crippen molar-refractivity contribution in [1.29, 1.82) is 0 Å². The summed E-state index contributed by atoms with van der Waals surface area (Å²) in [4.78, 5) is 0. The highest BCUT2D eigenvalue weighted by Gasteiger charge is 2.44. The van der Waals surface area contributed by atoms with Crippen molar-refractivity contribution in [1.82, 2.24) is 0 Å². The summed E-state index contributed by atoms with van der Waals surface area (Å²) < 4.78 is 60.6. The van der Waals surface area contributed by atoms with E-state index in [0.29, 0.717) is 0 Å². The summed E-state index contributed by atoms with van der Waals surface area (Å²) in [6.07, 6.45) is 0. The van der Waals surface area contributed by atoms with Crippen molar-refractivity contribution in [3.05, 3.63) is 59.7 Å². The third-order valence-corrected chi connectivity index (χ3v) is 11.3. The van der Waals surface area contributed by atoms with Gasteiger partial charge in [0.1, 0.15) is 0 Å². The summed E-state index contributed by atoms with van der Waals surface area (Å²) in [7, 11) is -6.94. The number of hydrogen-bond acceptors (Lipinski definition) is 2. The molecule has 1 N–H and O–H groups in total. The highest BCUT2D eigenvalue weighted by atomic mass is 127. The molecule has 0 saturated carbocycles. The Balaban J connectivity index is 0.000000479. The molecule has 0 unspecified atom stereocenters. The van der Waals surface area contributed by atoms with E-state index < -0.39 is 26.5 Å². The van der Waals surface area contributed by atoms with Crippen molar-refractivity contribution in [2.24, 2.45) is 0 Å². The van der Waals surface area contributed by atoms with Crippen molar-refractivity contribution in [2.45, 2.75) is 57.9 Å². The maximum absolute atomic E-state index is 10.7. The van der Waals surface area contributed by atoms with E-state index in [9.17, 15) is 13.2 Å². The van der Waals surface area contributed by atoms with E-state index in [1.165, 1.54) is 20.0 Å². The van der Waals surface area contributed by atoms with Crippen LogP contribution in [0.4, 0.5) is 13.2 Å². The molecule has 0 fully saturated rings. The Labute approximate surface area is 192 Å². The van der Waals surface area contributed by atoms with Crippen LogP contribution in [0.15, 0.2) is 48.5 Å². The molecule has 0 aromatic heterocycles. The van der Waals surface area contributed by atoms with Gasteiger partial charge in [-0.2, -0.15) is 41.9 Å². The van der Waals surface area contributed by atoms with Crippen molar-refractivity contribution >= 4 is 50.1 Å². The second-order valence-corrected chi connectivity index (χ2v) is 16.2. The molecule has 0 spiro atoms. The lowest BCUT2D eigenvalue weighted by Crippen LogP contribution is -2.36. The van der Waals surface area contributed by atoms with Gasteiger partial charge in [-0.05, 0) is 22.0 Å². The summed E-state index contributed by atoms with van der Waals surface area (Å²) in [5, 5.41) is 0. The van der Waals surface area contributed by atoms with Gasteiger partial charge in [-0.3, -0.25) is 4.55 Å². The van der Waals surface area contributed by atoms with Gasteiger partial charge < -0.3 is 0 Å². The molecule has 0 aliphatic heterocycles. The molecule has 0 aliphatic carbocycles. The number of hydrogen-bond donors (Lipinski definition) is 1. The fourth-order valence-corrected chi connectivity index (χ4v) is 6.43. The molecule has 2 rings (SSSR count). The lowest BCUT2D eigenvalue weighted by molar-refractivity contribution is -0.0510. The minimum absolute atomic E-state index is 0.231. The lowest BCUT2D eigenvalue weighted by atomic mass is 9.87. The predicted molar refractivity (Wildman–Crippen MR) is 127 cm³/mol. The standard InChI is InChI=1S/2C10H13.CHF3O3S.Al.HI/c2*1-10(2,3)9-7-5-4-6-8-9;2-1(3,4)8(5,6)7;;/h2*5-8H,1-3H3;(H,5,6,7);;1H/q;;;+1;/p-1. The fourth-order valence-electron chi connectivity index (χ4n) is 2.50. The molecule has 2 aromatic rings. The normalized spacial score (nSPS) is 12.8. The Kier molecular flexibility index (Phi) is 9.06. The fraction of sp³-hybridized carbons (Fsp3) is 0.429. The number of rotatable bonds is 2. The molecule has 0 aliphatic rings. The van der Waals surface area contributed by atoms with Crippen LogP contribution in [0.5, 0.6) is 0 Å². The van der Waals surface area contributed by atoms with E-state index >= 15 is 0 Å². The van der Waals surface area contributed by atoms with Crippen LogP contribution in [0, 0.1) is 0 Å². The van der Waals surface area contributed by atoms with E-state index in [1.807, 2.05) is 0 Å². The van der Waals surface area contributed by atoms with Crippen molar-refractivity contribution in [2.75, 3.05) is 0 Å². The van der Waals surface area contributed by atoms with E-state index in [-0.39, 0.29) is 10.8 Å². The quantitative estimate of drug-likeness (QED) is 0.233. The summed E-state index contributed by atoms with van der Waals surface area (Å²) in [6.45, 7) is 13.6. The molecule has 2 aromatic carbocycles. The molecule has 0 atom stereocenters. The van der Waals surface area contributed by atoms with Gasteiger partial charge in [0.15, 0.2) is 0 Å². The minimum Gasteiger partial charge on any atom is -0.279 e. The average molecular weight is 570 g/mol. The zero-order valence-corrected chi connectivity index (χ0v) is 22.0. The average Bonchev–Trinajstić information content (AvgIpc) is 2.59. The summed E-state index contributed by atoms with van der Waals surface area (Å²) >= 11 is 2.68. The van der Waals surface area contributed by atoms with Gasteiger partial charge in [-0.1, -0.05) is 98.9 Å². The predicted octanol–water partition coefficient (Wildman–Crippen LogP) is 5.22.